The van der Waals surface area contributed by atoms with E-state index < -0.39 is 10.0 Å². The van der Waals surface area contributed by atoms with E-state index in [-0.39, 0.29) is 16.1 Å². The molecule has 5 nitrogen and oxygen atoms in total. The van der Waals surface area contributed by atoms with Gasteiger partial charge in [-0.2, -0.15) is 5.10 Å². The molecule has 0 aliphatic carbocycles. The molecule has 0 aliphatic rings. The Labute approximate surface area is 127 Å². The molecule has 1 heterocycles. The lowest BCUT2D eigenvalue weighted by Crippen LogP contribution is -2.13. The minimum absolute atomic E-state index is 0.119. The Morgan fingerprint density at radius 2 is 1.95 bits per heavy atom. The summed E-state index contributed by atoms with van der Waals surface area (Å²) >= 11 is 3.26. The van der Waals surface area contributed by atoms with Gasteiger partial charge in [0.1, 0.15) is 0 Å². The fourth-order valence-corrected chi connectivity index (χ4v) is 3.18. The maximum atomic E-state index is 12.2. The summed E-state index contributed by atoms with van der Waals surface area (Å²) < 4.78 is 27.6. The Kier molecular flexibility index (Phi) is 3.93. The molecule has 0 fully saturated rings. The molecule has 20 heavy (non-hydrogen) atoms. The Bertz CT molecular complexity index is 717. The van der Waals surface area contributed by atoms with Gasteiger partial charge >= 0.3 is 0 Å². The molecule has 0 saturated heterocycles. The number of halogens is 1. The topological polar surface area (TPSA) is 74.8 Å². The molecule has 1 aromatic heterocycles. The van der Waals surface area contributed by atoms with Gasteiger partial charge in [-0.15, -0.1) is 0 Å². The number of aromatic nitrogens is 2. The minimum atomic E-state index is -3.63. The number of benzene rings is 1. The maximum absolute atomic E-state index is 12.2. The van der Waals surface area contributed by atoms with E-state index in [1.807, 2.05) is 20.8 Å². The standard InChI is InChI=1S/C13H16BrN3O2S/c1-13(2,3)11-8-12(16-15-11)17-20(18,19)10-6-4-5-9(14)7-10/h4-8H,1-3H3,(H2,15,16,17). The fraction of sp³-hybridized carbons (Fsp3) is 0.308. The second kappa shape index (κ2) is 5.21. The largest absolute Gasteiger partial charge is 0.280 e. The molecule has 2 N–H and O–H groups in total. The van der Waals surface area contributed by atoms with E-state index in [1.165, 1.54) is 6.07 Å². The van der Waals surface area contributed by atoms with Crippen LogP contribution in [-0.2, 0) is 15.4 Å². The molecule has 0 spiro atoms. The molecule has 0 radical (unpaired) electrons. The molecule has 1 aromatic carbocycles. The number of nitrogens with one attached hydrogen (secondary N) is 2. The molecule has 2 rings (SSSR count). The van der Waals surface area contributed by atoms with E-state index in [0.717, 1.165) is 5.69 Å². The fourth-order valence-electron chi connectivity index (χ4n) is 1.59. The first kappa shape index (κ1) is 15.1. The van der Waals surface area contributed by atoms with Crippen molar-refractivity contribution in [3.05, 3.63) is 40.5 Å². The van der Waals surface area contributed by atoms with E-state index in [4.69, 9.17) is 0 Å². The second-order valence-electron chi connectivity index (χ2n) is 5.48. The van der Waals surface area contributed by atoms with Gasteiger partial charge in [0.2, 0.25) is 0 Å². The lowest BCUT2D eigenvalue weighted by Gasteiger charge is -2.14. The number of sulfonamides is 1. The van der Waals surface area contributed by atoms with Gasteiger partial charge in [-0.3, -0.25) is 9.82 Å². The molecule has 0 atom stereocenters. The van der Waals surface area contributed by atoms with Crippen molar-refractivity contribution in [2.75, 3.05) is 4.72 Å². The summed E-state index contributed by atoms with van der Waals surface area (Å²) in [5, 5.41) is 6.83. The first-order valence-corrected chi connectivity index (χ1v) is 8.30. The summed E-state index contributed by atoms with van der Waals surface area (Å²) in [5.41, 5.74) is 0.747. The quantitative estimate of drug-likeness (QED) is 0.884. The summed E-state index contributed by atoms with van der Waals surface area (Å²) in [5.74, 6) is 0.287. The predicted molar refractivity (Wildman–Crippen MR) is 82.2 cm³/mol. The highest BCUT2D eigenvalue weighted by Gasteiger charge is 2.20. The molecule has 0 unspecified atom stereocenters. The Hall–Kier alpha value is -1.34. The zero-order chi connectivity index (χ0) is 15.0. The summed E-state index contributed by atoms with van der Waals surface area (Å²) in [7, 11) is -3.63. The molecule has 0 aliphatic heterocycles. The van der Waals surface area contributed by atoms with Gasteiger partial charge in [-0.1, -0.05) is 42.8 Å². The average Bonchev–Trinajstić information content (AvgIpc) is 2.76. The molecule has 2 aromatic rings. The van der Waals surface area contributed by atoms with E-state index in [0.29, 0.717) is 4.47 Å². The van der Waals surface area contributed by atoms with Crippen LogP contribution in [0.3, 0.4) is 0 Å². The summed E-state index contributed by atoms with van der Waals surface area (Å²) in [6, 6.07) is 8.22. The molecular weight excluding hydrogens is 342 g/mol. The lowest BCUT2D eigenvalue weighted by atomic mass is 9.92. The SMILES string of the molecule is CC(C)(C)c1cc(NS(=O)(=O)c2cccc(Br)c2)n[nH]1. The number of aromatic amines is 1. The highest BCUT2D eigenvalue weighted by atomic mass is 79.9. The summed E-state index contributed by atoms with van der Waals surface area (Å²) in [4.78, 5) is 0.187. The summed E-state index contributed by atoms with van der Waals surface area (Å²) in [6.45, 7) is 6.06. The number of hydrogen-bond acceptors (Lipinski definition) is 3. The Morgan fingerprint density at radius 1 is 1.25 bits per heavy atom. The number of hydrogen-bond donors (Lipinski definition) is 2. The second-order valence-corrected chi connectivity index (χ2v) is 8.08. The van der Waals surface area contributed by atoms with Crippen molar-refractivity contribution < 1.29 is 8.42 Å². The minimum Gasteiger partial charge on any atom is -0.280 e. The van der Waals surface area contributed by atoms with Crippen LogP contribution in [0.5, 0.6) is 0 Å². The number of nitrogens with zero attached hydrogens (tertiary/aromatic N) is 1. The van der Waals surface area contributed by atoms with E-state index >= 15 is 0 Å². The number of rotatable bonds is 3. The monoisotopic (exact) mass is 357 g/mol. The van der Waals surface area contributed by atoms with E-state index in [1.54, 1.807) is 24.3 Å². The molecule has 0 amide bonds. The molecule has 0 saturated carbocycles. The van der Waals surface area contributed by atoms with Crippen molar-refractivity contribution in [2.45, 2.75) is 31.1 Å². The van der Waals surface area contributed by atoms with Crippen LogP contribution in [0, 0.1) is 0 Å². The van der Waals surface area contributed by atoms with Crippen LogP contribution in [0.15, 0.2) is 39.7 Å². The highest BCUT2D eigenvalue weighted by Crippen LogP contribution is 2.24. The first-order chi connectivity index (χ1) is 9.18. The van der Waals surface area contributed by atoms with Crippen LogP contribution in [0.1, 0.15) is 26.5 Å². The lowest BCUT2D eigenvalue weighted by molar-refractivity contribution is 0.567. The maximum Gasteiger partial charge on any atom is 0.263 e. The van der Waals surface area contributed by atoms with Crippen LogP contribution >= 0.6 is 15.9 Å². The van der Waals surface area contributed by atoms with Gasteiger partial charge in [0.05, 0.1) is 4.90 Å². The Balaban J connectivity index is 2.27. The van der Waals surface area contributed by atoms with Crippen LogP contribution in [0.4, 0.5) is 5.82 Å². The van der Waals surface area contributed by atoms with Crippen molar-refractivity contribution in [3.63, 3.8) is 0 Å². The highest BCUT2D eigenvalue weighted by molar-refractivity contribution is 9.10. The van der Waals surface area contributed by atoms with Crippen molar-refractivity contribution in [1.82, 2.24) is 10.2 Å². The predicted octanol–water partition coefficient (Wildman–Crippen LogP) is 3.27. The summed E-state index contributed by atoms with van der Waals surface area (Å²) in [6.07, 6.45) is 0. The molecule has 7 heteroatoms. The van der Waals surface area contributed by atoms with Crippen molar-refractivity contribution in [2.24, 2.45) is 0 Å². The van der Waals surface area contributed by atoms with Crippen molar-refractivity contribution in [1.29, 1.82) is 0 Å². The third-order valence-electron chi connectivity index (χ3n) is 2.73. The third-order valence-corrected chi connectivity index (χ3v) is 4.58. The van der Waals surface area contributed by atoms with E-state index in [2.05, 4.69) is 30.8 Å². The number of anilines is 1. The molecule has 0 bridgehead atoms. The van der Waals surface area contributed by atoms with E-state index in [9.17, 15) is 8.42 Å². The van der Waals surface area contributed by atoms with Gasteiger partial charge in [0, 0.05) is 21.6 Å². The van der Waals surface area contributed by atoms with Gasteiger partial charge in [0.25, 0.3) is 10.0 Å². The zero-order valence-corrected chi connectivity index (χ0v) is 13.8. The first-order valence-electron chi connectivity index (χ1n) is 6.03. The van der Waals surface area contributed by atoms with Gasteiger partial charge in [-0.05, 0) is 18.2 Å². The van der Waals surface area contributed by atoms with Crippen molar-refractivity contribution >= 4 is 31.8 Å². The van der Waals surface area contributed by atoms with Crippen LogP contribution < -0.4 is 4.72 Å². The molecule has 108 valence electrons. The smallest absolute Gasteiger partial charge is 0.263 e. The van der Waals surface area contributed by atoms with Gasteiger partial charge in [-0.25, -0.2) is 8.42 Å². The normalized spacial score (nSPS) is 12.4. The van der Waals surface area contributed by atoms with Crippen LogP contribution in [0.25, 0.3) is 0 Å². The third kappa shape index (κ3) is 3.40. The van der Waals surface area contributed by atoms with Gasteiger partial charge in [0.15, 0.2) is 5.82 Å². The van der Waals surface area contributed by atoms with Crippen LogP contribution in [0.2, 0.25) is 0 Å². The number of H-pyrrole nitrogens is 1. The van der Waals surface area contributed by atoms with Crippen molar-refractivity contribution in [3.8, 4) is 0 Å². The zero-order valence-electron chi connectivity index (χ0n) is 11.4. The van der Waals surface area contributed by atoms with Crippen LogP contribution in [-0.4, -0.2) is 18.6 Å². The van der Waals surface area contributed by atoms with Gasteiger partial charge < -0.3 is 0 Å². The molecular formula is C13H16BrN3O2S. The Morgan fingerprint density at radius 3 is 2.50 bits per heavy atom. The average molecular weight is 358 g/mol.